The third-order valence-corrected chi connectivity index (χ3v) is 4.88. The molecule has 3 rings (SSSR count). The molecule has 0 aliphatic carbocycles. The lowest BCUT2D eigenvalue weighted by Crippen LogP contribution is -2.41. The molecule has 1 saturated heterocycles. The molecule has 2 aromatic heterocycles. The maximum absolute atomic E-state index is 11.4. The predicted molar refractivity (Wildman–Crippen MR) is 97.9 cm³/mol. The van der Waals surface area contributed by atoms with Crippen molar-refractivity contribution in [1.82, 2.24) is 14.7 Å². The monoisotopic (exact) mass is 341 g/mol. The van der Waals surface area contributed by atoms with Crippen LogP contribution in [0.15, 0.2) is 36.1 Å². The number of pyridine rings is 1. The summed E-state index contributed by atoms with van der Waals surface area (Å²) < 4.78 is 14.3. The zero-order valence-corrected chi connectivity index (χ0v) is 15.4. The van der Waals surface area contributed by atoms with Crippen molar-refractivity contribution in [3.05, 3.63) is 41.8 Å². The summed E-state index contributed by atoms with van der Waals surface area (Å²) in [5, 5.41) is 2.84. The first-order valence-electron chi connectivity index (χ1n) is 8.42. The number of hydrogen-bond acceptors (Lipinski definition) is 4. The third kappa shape index (κ3) is 3.48. The second-order valence-corrected chi connectivity index (χ2v) is 7.33. The van der Waals surface area contributed by atoms with Gasteiger partial charge in [0.2, 0.25) is 5.91 Å². The summed E-state index contributed by atoms with van der Waals surface area (Å²) >= 11 is 0. The van der Waals surface area contributed by atoms with Crippen molar-refractivity contribution in [2.75, 3.05) is 6.54 Å². The van der Waals surface area contributed by atoms with E-state index >= 15 is 0 Å². The third-order valence-electron chi connectivity index (χ3n) is 4.88. The van der Waals surface area contributed by atoms with E-state index in [9.17, 15) is 4.79 Å². The van der Waals surface area contributed by atoms with E-state index in [2.05, 4.69) is 10.3 Å². The molecule has 0 spiro atoms. The summed E-state index contributed by atoms with van der Waals surface area (Å²) in [6.07, 6.45) is 5.72. The predicted octanol–water partition coefficient (Wildman–Crippen LogP) is 2.49. The lowest BCUT2D eigenvalue weighted by molar-refractivity contribution is -0.118. The number of carbonyl (C=O) groups excluding carboxylic acids is 1. The van der Waals surface area contributed by atoms with Crippen molar-refractivity contribution in [2.45, 2.75) is 45.8 Å². The fraction of sp³-hybridized carbons (Fsp3) is 0.444. The van der Waals surface area contributed by atoms with Gasteiger partial charge in [0.25, 0.3) is 0 Å². The lowest BCUT2D eigenvalue weighted by Gasteiger charge is -2.32. The second-order valence-electron chi connectivity index (χ2n) is 7.33. The molecule has 2 aromatic rings. The Balaban J connectivity index is 1.96. The van der Waals surface area contributed by atoms with Crippen LogP contribution in [0.4, 0.5) is 0 Å². The van der Waals surface area contributed by atoms with Gasteiger partial charge in [-0.1, -0.05) is 6.07 Å². The van der Waals surface area contributed by atoms with Crippen LogP contribution < -0.4 is 5.32 Å². The molecular formula is C18H24BN3O3. The normalized spacial score (nSPS) is 19.4. The van der Waals surface area contributed by atoms with Crippen LogP contribution in [0, 0.1) is 0 Å². The number of aromatic nitrogens is 2. The van der Waals surface area contributed by atoms with E-state index < -0.39 is 18.3 Å². The molecule has 1 aliphatic heterocycles. The van der Waals surface area contributed by atoms with Crippen LogP contribution in [0.5, 0.6) is 0 Å². The number of rotatable bonds is 4. The van der Waals surface area contributed by atoms with Crippen LogP contribution in [0.1, 0.15) is 40.3 Å². The number of fused-ring (bicyclic) bond motifs is 1. The van der Waals surface area contributed by atoms with Crippen LogP contribution in [0.2, 0.25) is 0 Å². The Morgan fingerprint density at radius 1 is 1.28 bits per heavy atom. The summed E-state index contributed by atoms with van der Waals surface area (Å²) in [5.74, 6) is -0.0967. The van der Waals surface area contributed by atoms with Gasteiger partial charge in [-0.25, -0.2) is 4.98 Å². The number of amides is 1. The van der Waals surface area contributed by atoms with Crippen LogP contribution in [0.3, 0.4) is 0 Å². The van der Waals surface area contributed by atoms with Crippen molar-refractivity contribution in [2.24, 2.45) is 0 Å². The van der Waals surface area contributed by atoms with Crippen molar-refractivity contribution >= 4 is 24.7 Å². The maximum atomic E-state index is 11.4. The van der Waals surface area contributed by atoms with Crippen LogP contribution in [-0.2, 0) is 14.1 Å². The van der Waals surface area contributed by atoms with E-state index in [0.717, 1.165) is 16.8 Å². The first-order valence-corrected chi connectivity index (χ1v) is 8.42. The Morgan fingerprint density at radius 2 is 1.96 bits per heavy atom. The fourth-order valence-electron chi connectivity index (χ4n) is 2.67. The molecule has 3 heterocycles. The Bertz CT molecular complexity index is 810. The van der Waals surface area contributed by atoms with Gasteiger partial charge in [-0.2, -0.15) is 0 Å². The van der Waals surface area contributed by atoms with Gasteiger partial charge in [-0.15, -0.1) is 0 Å². The average molecular weight is 341 g/mol. The van der Waals surface area contributed by atoms with E-state index in [0.29, 0.717) is 6.54 Å². The minimum Gasteiger partial charge on any atom is -0.400 e. The standard InChI is InChI=1S/C18H24BN3O3/c1-13(23)20-11-14(19-24-17(2,3)18(4,5)25-19)10-15-12-21-16-8-6-7-9-22(15)16/h6-10,12H,11H2,1-5H3,(H,20,23). The Labute approximate surface area is 148 Å². The van der Waals surface area contributed by atoms with Gasteiger partial charge in [0.15, 0.2) is 0 Å². The molecule has 0 aromatic carbocycles. The molecular weight excluding hydrogens is 317 g/mol. The van der Waals surface area contributed by atoms with Gasteiger partial charge < -0.3 is 19.0 Å². The van der Waals surface area contributed by atoms with Crippen molar-refractivity contribution in [3.8, 4) is 0 Å². The van der Waals surface area contributed by atoms with Gasteiger partial charge in [-0.3, -0.25) is 4.79 Å². The minimum atomic E-state index is -0.522. The SMILES string of the molecule is CC(=O)NCC(=Cc1cnc2ccccn12)B1OC(C)(C)C(C)(C)O1. The number of nitrogens with zero attached hydrogens (tertiary/aromatic N) is 2. The molecule has 7 heteroatoms. The zero-order chi connectivity index (χ0) is 18.2. The summed E-state index contributed by atoms with van der Waals surface area (Å²) in [4.78, 5) is 15.8. The molecule has 6 nitrogen and oxygen atoms in total. The zero-order valence-electron chi connectivity index (χ0n) is 15.4. The quantitative estimate of drug-likeness (QED) is 0.868. The van der Waals surface area contributed by atoms with Crippen LogP contribution >= 0.6 is 0 Å². The molecule has 25 heavy (non-hydrogen) atoms. The Hall–Kier alpha value is -2.12. The fourth-order valence-corrected chi connectivity index (χ4v) is 2.67. The maximum Gasteiger partial charge on any atom is 0.492 e. The number of carbonyl (C=O) groups is 1. The molecule has 0 bridgehead atoms. The molecule has 1 aliphatic rings. The highest BCUT2D eigenvalue weighted by Gasteiger charge is 2.52. The van der Waals surface area contributed by atoms with E-state index in [4.69, 9.17) is 9.31 Å². The average Bonchev–Trinajstić information content (AvgIpc) is 3.02. The molecule has 1 N–H and O–H groups in total. The first kappa shape index (κ1) is 17.7. The number of hydrogen-bond donors (Lipinski definition) is 1. The summed E-state index contributed by atoms with van der Waals surface area (Å²) in [6.45, 7) is 9.89. The smallest absolute Gasteiger partial charge is 0.400 e. The molecule has 132 valence electrons. The highest BCUT2D eigenvalue weighted by Crippen LogP contribution is 2.38. The van der Waals surface area contributed by atoms with E-state index in [1.807, 2.05) is 62.6 Å². The largest absolute Gasteiger partial charge is 0.492 e. The minimum absolute atomic E-state index is 0.0967. The topological polar surface area (TPSA) is 64.9 Å². The molecule has 0 unspecified atom stereocenters. The lowest BCUT2D eigenvalue weighted by atomic mass is 9.77. The first-order chi connectivity index (χ1) is 11.7. The van der Waals surface area contributed by atoms with Gasteiger partial charge in [0.05, 0.1) is 23.1 Å². The summed E-state index contributed by atoms with van der Waals surface area (Å²) in [7, 11) is -0.522. The highest BCUT2D eigenvalue weighted by atomic mass is 16.7. The second kappa shape index (κ2) is 6.31. The molecule has 1 fully saturated rings. The molecule has 1 amide bonds. The number of nitrogens with one attached hydrogen (secondary N) is 1. The van der Waals surface area contributed by atoms with Crippen molar-refractivity contribution in [3.63, 3.8) is 0 Å². The summed E-state index contributed by atoms with van der Waals surface area (Å²) in [6, 6.07) is 5.84. The highest BCUT2D eigenvalue weighted by molar-refractivity contribution is 6.56. The van der Waals surface area contributed by atoms with E-state index in [1.54, 1.807) is 6.20 Å². The van der Waals surface area contributed by atoms with Gasteiger partial charge in [0.1, 0.15) is 5.65 Å². The Morgan fingerprint density at radius 3 is 2.60 bits per heavy atom. The van der Waals surface area contributed by atoms with Crippen LogP contribution in [-0.4, -0.2) is 40.2 Å². The van der Waals surface area contributed by atoms with E-state index in [1.165, 1.54) is 6.92 Å². The van der Waals surface area contributed by atoms with Gasteiger partial charge >= 0.3 is 7.12 Å². The van der Waals surface area contributed by atoms with Crippen molar-refractivity contribution < 1.29 is 14.1 Å². The molecule has 0 atom stereocenters. The molecule has 0 radical (unpaired) electrons. The van der Waals surface area contributed by atoms with Gasteiger partial charge in [-0.05, 0) is 51.4 Å². The van der Waals surface area contributed by atoms with Crippen molar-refractivity contribution in [1.29, 1.82) is 0 Å². The summed E-state index contributed by atoms with van der Waals surface area (Å²) in [5.41, 5.74) is 1.74. The molecule has 0 saturated carbocycles. The van der Waals surface area contributed by atoms with Crippen LogP contribution in [0.25, 0.3) is 11.7 Å². The van der Waals surface area contributed by atoms with Gasteiger partial charge in [0, 0.05) is 19.7 Å². The Kier molecular flexibility index (Phi) is 4.47. The number of imidazole rings is 1. The van der Waals surface area contributed by atoms with E-state index in [-0.39, 0.29) is 5.91 Å².